The summed E-state index contributed by atoms with van der Waals surface area (Å²) >= 11 is 0. The minimum Gasteiger partial charge on any atom is -0.478 e. The molecule has 0 fully saturated rings. The number of carbonyl (C=O) groups is 2. The summed E-state index contributed by atoms with van der Waals surface area (Å²) in [6.45, 7) is 6.93. The van der Waals surface area contributed by atoms with E-state index in [-0.39, 0.29) is 22.8 Å². The van der Waals surface area contributed by atoms with E-state index in [0.29, 0.717) is 13.1 Å². The third-order valence-corrected chi connectivity index (χ3v) is 3.18. The lowest BCUT2D eigenvalue weighted by atomic mass is 9.84. The van der Waals surface area contributed by atoms with Crippen molar-refractivity contribution < 1.29 is 14.7 Å². The van der Waals surface area contributed by atoms with E-state index >= 15 is 0 Å². The van der Waals surface area contributed by atoms with Gasteiger partial charge in [0.2, 0.25) is 5.91 Å². The third-order valence-electron chi connectivity index (χ3n) is 3.18. The number of nitrogens with two attached hydrogens (primary N) is 1. The second-order valence-electron chi connectivity index (χ2n) is 6.42. The summed E-state index contributed by atoms with van der Waals surface area (Å²) < 4.78 is 0. The molecule has 0 aliphatic rings. The molecule has 0 radical (unpaired) electrons. The lowest BCUT2D eigenvalue weighted by Crippen LogP contribution is -2.36. The van der Waals surface area contributed by atoms with E-state index in [4.69, 9.17) is 10.8 Å². The topological polar surface area (TPSA) is 92.4 Å². The Balaban J connectivity index is 2.57. The quantitative estimate of drug-likeness (QED) is 0.748. The predicted octanol–water partition coefficient (Wildman–Crippen LogP) is 2.01. The van der Waals surface area contributed by atoms with Crippen LogP contribution in [-0.2, 0) is 11.3 Å². The summed E-state index contributed by atoms with van der Waals surface area (Å²) in [5.41, 5.74) is 6.82. The standard InChI is InChI=1S/C16H24N2O3/c1-16(2,3)8-13(9-17)14(19)18-10-11-4-6-12(7-5-11)15(20)21/h4-7,13H,8-10,17H2,1-3H3,(H,18,19)(H,20,21). The van der Waals surface area contributed by atoms with Crippen molar-refractivity contribution in [2.75, 3.05) is 6.54 Å². The molecular weight excluding hydrogens is 268 g/mol. The fourth-order valence-electron chi connectivity index (χ4n) is 2.12. The van der Waals surface area contributed by atoms with Crippen LogP contribution in [0.25, 0.3) is 0 Å². The van der Waals surface area contributed by atoms with Gasteiger partial charge in [0.15, 0.2) is 0 Å². The molecule has 4 N–H and O–H groups in total. The number of hydrogen-bond donors (Lipinski definition) is 3. The normalized spacial score (nSPS) is 12.8. The highest BCUT2D eigenvalue weighted by atomic mass is 16.4. The molecule has 0 heterocycles. The summed E-state index contributed by atoms with van der Waals surface area (Å²) in [7, 11) is 0. The van der Waals surface area contributed by atoms with Crippen LogP contribution in [0.4, 0.5) is 0 Å². The second-order valence-corrected chi connectivity index (χ2v) is 6.42. The second kappa shape index (κ2) is 7.22. The first-order chi connectivity index (χ1) is 9.73. The Morgan fingerprint density at radius 1 is 1.24 bits per heavy atom. The van der Waals surface area contributed by atoms with Crippen LogP contribution < -0.4 is 11.1 Å². The van der Waals surface area contributed by atoms with Gasteiger partial charge in [-0.2, -0.15) is 0 Å². The average Bonchev–Trinajstić information content (AvgIpc) is 2.41. The predicted molar refractivity (Wildman–Crippen MR) is 81.9 cm³/mol. The van der Waals surface area contributed by atoms with Crippen LogP contribution in [0.5, 0.6) is 0 Å². The number of nitrogens with one attached hydrogen (secondary N) is 1. The molecule has 0 spiro atoms. The van der Waals surface area contributed by atoms with E-state index in [9.17, 15) is 9.59 Å². The van der Waals surface area contributed by atoms with Gasteiger partial charge in [-0.15, -0.1) is 0 Å². The summed E-state index contributed by atoms with van der Waals surface area (Å²) in [4.78, 5) is 22.9. The molecule has 21 heavy (non-hydrogen) atoms. The van der Waals surface area contributed by atoms with Gasteiger partial charge in [-0.3, -0.25) is 4.79 Å². The van der Waals surface area contributed by atoms with Crippen LogP contribution in [0, 0.1) is 11.3 Å². The Hall–Kier alpha value is -1.88. The number of amides is 1. The van der Waals surface area contributed by atoms with Crippen molar-refractivity contribution in [1.82, 2.24) is 5.32 Å². The number of carbonyl (C=O) groups excluding carboxylic acids is 1. The highest BCUT2D eigenvalue weighted by Gasteiger charge is 2.23. The van der Waals surface area contributed by atoms with E-state index < -0.39 is 5.97 Å². The molecular formula is C16H24N2O3. The fourth-order valence-corrected chi connectivity index (χ4v) is 2.12. The van der Waals surface area contributed by atoms with E-state index in [1.807, 2.05) is 0 Å². The van der Waals surface area contributed by atoms with Crippen LogP contribution >= 0.6 is 0 Å². The van der Waals surface area contributed by atoms with Crippen molar-refractivity contribution in [2.45, 2.75) is 33.7 Å². The summed E-state index contributed by atoms with van der Waals surface area (Å²) in [5, 5.41) is 11.7. The molecule has 1 aromatic rings. The van der Waals surface area contributed by atoms with Crippen molar-refractivity contribution in [3.05, 3.63) is 35.4 Å². The van der Waals surface area contributed by atoms with Gasteiger partial charge in [-0.05, 0) is 29.5 Å². The lowest BCUT2D eigenvalue weighted by molar-refractivity contribution is -0.125. The Kier molecular flexibility index (Phi) is 5.90. The van der Waals surface area contributed by atoms with E-state index in [0.717, 1.165) is 12.0 Å². The van der Waals surface area contributed by atoms with E-state index in [2.05, 4.69) is 26.1 Å². The molecule has 1 atom stereocenters. The zero-order valence-electron chi connectivity index (χ0n) is 12.8. The summed E-state index contributed by atoms with van der Waals surface area (Å²) in [6, 6.07) is 6.45. The van der Waals surface area contributed by atoms with Crippen LogP contribution in [-0.4, -0.2) is 23.5 Å². The first kappa shape index (κ1) is 17.2. The zero-order chi connectivity index (χ0) is 16.0. The Morgan fingerprint density at radius 2 is 1.81 bits per heavy atom. The molecule has 1 rings (SSSR count). The molecule has 0 saturated carbocycles. The molecule has 5 heteroatoms. The van der Waals surface area contributed by atoms with Gasteiger partial charge in [0.05, 0.1) is 11.5 Å². The highest BCUT2D eigenvalue weighted by Crippen LogP contribution is 2.24. The first-order valence-electron chi connectivity index (χ1n) is 7.03. The van der Waals surface area contributed by atoms with Gasteiger partial charge in [0.1, 0.15) is 0 Å². The number of aromatic carboxylic acids is 1. The molecule has 5 nitrogen and oxygen atoms in total. The van der Waals surface area contributed by atoms with Gasteiger partial charge in [0.25, 0.3) is 0 Å². The Morgan fingerprint density at radius 3 is 2.24 bits per heavy atom. The van der Waals surface area contributed by atoms with Gasteiger partial charge in [0, 0.05) is 13.1 Å². The largest absolute Gasteiger partial charge is 0.478 e. The number of carboxylic acid groups (broad SMARTS) is 1. The van der Waals surface area contributed by atoms with Crippen molar-refractivity contribution in [3.63, 3.8) is 0 Å². The maximum absolute atomic E-state index is 12.1. The smallest absolute Gasteiger partial charge is 0.335 e. The third kappa shape index (κ3) is 5.95. The molecule has 116 valence electrons. The summed E-state index contributed by atoms with van der Waals surface area (Å²) in [5.74, 6) is -1.23. The molecule has 0 saturated heterocycles. The van der Waals surface area contributed by atoms with Crippen molar-refractivity contribution in [2.24, 2.45) is 17.1 Å². The number of rotatable bonds is 6. The minimum atomic E-state index is -0.959. The van der Waals surface area contributed by atoms with Gasteiger partial charge in [-0.25, -0.2) is 4.79 Å². The van der Waals surface area contributed by atoms with Crippen molar-refractivity contribution >= 4 is 11.9 Å². The van der Waals surface area contributed by atoms with E-state index in [1.54, 1.807) is 12.1 Å². The maximum Gasteiger partial charge on any atom is 0.335 e. The lowest BCUT2D eigenvalue weighted by Gasteiger charge is -2.24. The van der Waals surface area contributed by atoms with Crippen LogP contribution in [0.2, 0.25) is 0 Å². The van der Waals surface area contributed by atoms with Crippen molar-refractivity contribution in [3.8, 4) is 0 Å². The summed E-state index contributed by atoms with van der Waals surface area (Å²) in [6.07, 6.45) is 0.729. The molecule has 0 aliphatic heterocycles. The first-order valence-corrected chi connectivity index (χ1v) is 7.03. The zero-order valence-corrected chi connectivity index (χ0v) is 12.8. The SMILES string of the molecule is CC(C)(C)CC(CN)C(=O)NCc1ccc(C(=O)O)cc1. The minimum absolute atomic E-state index is 0.0461. The van der Waals surface area contributed by atoms with Gasteiger partial charge >= 0.3 is 5.97 Å². The molecule has 1 aromatic carbocycles. The Bertz CT molecular complexity index is 489. The highest BCUT2D eigenvalue weighted by molar-refractivity contribution is 5.87. The number of benzene rings is 1. The van der Waals surface area contributed by atoms with Gasteiger partial charge in [-0.1, -0.05) is 32.9 Å². The van der Waals surface area contributed by atoms with Crippen molar-refractivity contribution in [1.29, 1.82) is 0 Å². The molecule has 0 aromatic heterocycles. The maximum atomic E-state index is 12.1. The van der Waals surface area contributed by atoms with Crippen LogP contribution in [0.3, 0.4) is 0 Å². The molecule has 1 amide bonds. The number of hydrogen-bond acceptors (Lipinski definition) is 3. The van der Waals surface area contributed by atoms with Gasteiger partial charge < -0.3 is 16.2 Å². The number of carboxylic acids is 1. The fraction of sp³-hybridized carbons (Fsp3) is 0.500. The Labute approximate surface area is 125 Å². The monoisotopic (exact) mass is 292 g/mol. The van der Waals surface area contributed by atoms with E-state index in [1.165, 1.54) is 12.1 Å². The van der Waals surface area contributed by atoms with Crippen LogP contribution in [0.15, 0.2) is 24.3 Å². The molecule has 0 bridgehead atoms. The average molecular weight is 292 g/mol. The molecule has 0 aliphatic carbocycles. The molecule has 1 unspecified atom stereocenters. The van der Waals surface area contributed by atoms with Crippen LogP contribution in [0.1, 0.15) is 43.1 Å².